The Morgan fingerprint density at radius 3 is 1.86 bits per heavy atom. The largest absolute Gasteiger partial charge is 0.103 e. The molecule has 0 bridgehead atoms. The molecule has 0 nitrogen and oxygen atoms in total. The maximum Gasteiger partial charge on any atom is -0.0203 e. The van der Waals surface area contributed by atoms with Crippen LogP contribution in [0.1, 0.15) is 91.7 Å². The highest BCUT2D eigenvalue weighted by Gasteiger charge is 2.27. The van der Waals surface area contributed by atoms with Crippen LogP contribution < -0.4 is 0 Å². The van der Waals surface area contributed by atoms with E-state index in [1.165, 1.54) is 48.0 Å². The topological polar surface area (TPSA) is 0 Å². The first kappa shape index (κ1) is 32.7. The molecule has 0 spiro atoms. The van der Waals surface area contributed by atoms with Gasteiger partial charge in [-0.05, 0) is 73.0 Å². The van der Waals surface area contributed by atoms with Crippen molar-refractivity contribution in [1.82, 2.24) is 0 Å². The van der Waals surface area contributed by atoms with Crippen molar-refractivity contribution in [2.24, 2.45) is 23.7 Å². The molecule has 194 valence electrons. The van der Waals surface area contributed by atoms with E-state index < -0.39 is 0 Å². The normalized spacial score (nSPS) is 19.2. The third-order valence-electron chi connectivity index (χ3n) is 7.18. The van der Waals surface area contributed by atoms with Crippen molar-refractivity contribution < 1.29 is 0 Å². The van der Waals surface area contributed by atoms with E-state index in [0.717, 1.165) is 30.6 Å². The van der Waals surface area contributed by atoms with Crippen LogP contribution in [0.25, 0.3) is 5.57 Å². The Balaban J connectivity index is 0.000000594. The van der Waals surface area contributed by atoms with E-state index >= 15 is 0 Å². The van der Waals surface area contributed by atoms with Gasteiger partial charge >= 0.3 is 0 Å². The standard InChI is InChI=1S/C19H28.C8H14.C6H6.C2H6/c1-5-17-9-11-18(12-10-17)15(3)13-19-8-6-7-14(2)16(19)4;1-5-6-8(4)7(2)3;1-2-4-6-5-3-1;1-2/h9-12,14,16,19H,3,5-8,13H2,1-2,4H3;5,8H,1-2,6H2,3-4H3;1-6H;1-2H3/t14-,16?,19?;8-;;/m11../s1. The van der Waals surface area contributed by atoms with E-state index in [-0.39, 0.29) is 0 Å². The van der Waals surface area contributed by atoms with Gasteiger partial charge in [0, 0.05) is 0 Å². The first-order chi connectivity index (χ1) is 16.8. The SMILES string of the molecule is C=C(CC1CCC[C@@H](C)C1C)c1ccc(CC)cc1.C=CC[C@@H](C)C(=C)C.CC.c1ccccc1. The molecule has 0 aliphatic heterocycles. The summed E-state index contributed by atoms with van der Waals surface area (Å²) in [5, 5.41) is 0. The summed E-state index contributed by atoms with van der Waals surface area (Å²) >= 11 is 0. The first-order valence-electron chi connectivity index (χ1n) is 13.8. The lowest BCUT2D eigenvalue weighted by Crippen LogP contribution is -2.24. The van der Waals surface area contributed by atoms with E-state index in [9.17, 15) is 0 Å². The second-order valence-electron chi connectivity index (χ2n) is 9.81. The molecule has 2 aromatic carbocycles. The molecule has 35 heavy (non-hydrogen) atoms. The van der Waals surface area contributed by atoms with Crippen molar-refractivity contribution >= 4 is 5.57 Å². The van der Waals surface area contributed by atoms with Gasteiger partial charge in [0.05, 0.1) is 0 Å². The van der Waals surface area contributed by atoms with Crippen molar-refractivity contribution in [2.75, 3.05) is 0 Å². The minimum atomic E-state index is 0.604. The minimum Gasteiger partial charge on any atom is -0.103 e. The van der Waals surface area contributed by atoms with Crippen LogP contribution in [0.4, 0.5) is 0 Å². The van der Waals surface area contributed by atoms with Crippen molar-refractivity contribution in [3.05, 3.63) is 103 Å². The molecule has 1 fully saturated rings. The van der Waals surface area contributed by atoms with Crippen LogP contribution in [-0.4, -0.2) is 0 Å². The Morgan fingerprint density at radius 2 is 1.46 bits per heavy atom. The lowest BCUT2D eigenvalue weighted by atomic mass is 9.71. The second kappa shape index (κ2) is 19.9. The van der Waals surface area contributed by atoms with Crippen molar-refractivity contribution in [1.29, 1.82) is 0 Å². The smallest absolute Gasteiger partial charge is 0.0203 e. The molecule has 0 heterocycles. The third-order valence-corrected chi connectivity index (χ3v) is 7.18. The van der Waals surface area contributed by atoms with Crippen LogP contribution in [-0.2, 0) is 6.42 Å². The molecule has 0 N–H and O–H groups in total. The second-order valence-corrected chi connectivity index (χ2v) is 9.81. The summed E-state index contributed by atoms with van der Waals surface area (Å²) in [6.45, 7) is 27.1. The molecule has 2 unspecified atom stereocenters. The highest BCUT2D eigenvalue weighted by atomic mass is 14.3. The Labute approximate surface area is 219 Å². The van der Waals surface area contributed by atoms with Gasteiger partial charge in [-0.1, -0.05) is 140 Å². The molecule has 0 aromatic heterocycles. The number of aryl methyl sites for hydroxylation is 1. The average molecular weight is 475 g/mol. The third kappa shape index (κ3) is 14.0. The highest BCUT2D eigenvalue weighted by Crippen LogP contribution is 2.39. The van der Waals surface area contributed by atoms with E-state index in [1.54, 1.807) is 0 Å². The Morgan fingerprint density at radius 1 is 0.943 bits per heavy atom. The van der Waals surface area contributed by atoms with Crippen LogP contribution in [0.5, 0.6) is 0 Å². The number of benzene rings is 2. The quantitative estimate of drug-likeness (QED) is 0.350. The molecule has 0 amide bonds. The fourth-order valence-corrected chi connectivity index (χ4v) is 4.23. The molecule has 0 radical (unpaired) electrons. The molecule has 1 aliphatic carbocycles. The molecule has 2 aromatic rings. The van der Waals surface area contributed by atoms with Crippen molar-refractivity contribution in [3.8, 4) is 0 Å². The highest BCUT2D eigenvalue weighted by molar-refractivity contribution is 5.63. The number of hydrogen-bond donors (Lipinski definition) is 0. The van der Waals surface area contributed by atoms with E-state index in [2.05, 4.69) is 71.7 Å². The van der Waals surface area contributed by atoms with E-state index in [0.29, 0.717) is 5.92 Å². The summed E-state index contributed by atoms with van der Waals surface area (Å²) < 4.78 is 0. The van der Waals surface area contributed by atoms with Gasteiger partial charge in [-0.25, -0.2) is 0 Å². The zero-order valence-corrected chi connectivity index (χ0v) is 24.0. The summed E-state index contributed by atoms with van der Waals surface area (Å²) in [6, 6.07) is 21.0. The van der Waals surface area contributed by atoms with Crippen LogP contribution in [0.15, 0.2) is 92.0 Å². The summed E-state index contributed by atoms with van der Waals surface area (Å²) in [6.07, 6.45) is 9.47. The summed E-state index contributed by atoms with van der Waals surface area (Å²) in [4.78, 5) is 0. The fraction of sp³-hybridized carbons (Fsp3) is 0.486. The maximum atomic E-state index is 4.33. The predicted octanol–water partition coefficient (Wildman–Crippen LogP) is 11.2. The Hall–Kier alpha value is -2.34. The van der Waals surface area contributed by atoms with Crippen molar-refractivity contribution in [3.63, 3.8) is 0 Å². The maximum absolute atomic E-state index is 4.33. The molecular weight excluding hydrogens is 420 g/mol. The Bertz CT molecular complexity index is 769. The van der Waals surface area contributed by atoms with Gasteiger partial charge in [0.25, 0.3) is 0 Å². The summed E-state index contributed by atoms with van der Waals surface area (Å²) in [7, 11) is 0. The number of rotatable bonds is 7. The van der Waals surface area contributed by atoms with Crippen LogP contribution in [0, 0.1) is 23.7 Å². The lowest BCUT2D eigenvalue weighted by Gasteiger charge is -2.34. The molecule has 0 heteroatoms. The monoisotopic (exact) mass is 474 g/mol. The van der Waals surface area contributed by atoms with Gasteiger partial charge in [-0.2, -0.15) is 0 Å². The van der Waals surface area contributed by atoms with Gasteiger partial charge in [0.15, 0.2) is 0 Å². The summed E-state index contributed by atoms with van der Waals surface area (Å²) in [5.41, 5.74) is 5.32. The molecular formula is C35H54. The average Bonchev–Trinajstić information content (AvgIpc) is 2.90. The molecule has 3 rings (SSSR count). The van der Waals surface area contributed by atoms with Gasteiger partial charge < -0.3 is 0 Å². The van der Waals surface area contributed by atoms with E-state index in [4.69, 9.17) is 0 Å². The van der Waals surface area contributed by atoms with Crippen LogP contribution in [0.2, 0.25) is 0 Å². The van der Waals surface area contributed by atoms with E-state index in [1.807, 2.05) is 63.2 Å². The zero-order chi connectivity index (χ0) is 26.6. The molecule has 1 saturated carbocycles. The molecule has 4 atom stereocenters. The van der Waals surface area contributed by atoms with Crippen molar-refractivity contribution in [2.45, 2.75) is 87.0 Å². The van der Waals surface area contributed by atoms with Gasteiger partial charge in [0.2, 0.25) is 0 Å². The molecule has 0 saturated heterocycles. The van der Waals surface area contributed by atoms with Gasteiger partial charge in [-0.3, -0.25) is 0 Å². The first-order valence-corrected chi connectivity index (χ1v) is 13.8. The van der Waals surface area contributed by atoms with Crippen LogP contribution in [0.3, 0.4) is 0 Å². The number of allylic oxidation sites excluding steroid dienone is 3. The Kier molecular flexibility index (Phi) is 18.6. The van der Waals surface area contributed by atoms with Gasteiger partial charge in [0.1, 0.15) is 0 Å². The number of hydrogen-bond acceptors (Lipinski definition) is 0. The lowest BCUT2D eigenvalue weighted by molar-refractivity contribution is 0.186. The van der Waals surface area contributed by atoms with Gasteiger partial charge in [-0.15, -0.1) is 6.58 Å². The predicted molar refractivity (Wildman–Crippen MR) is 162 cm³/mol. The van der Waals surface area contributed by atoms with Crippen LogP contribution >= 0.6 is 0 Å². The summed E-state index contributed by atoms with van der Waals surface area (Å²) in [5.74, 6) is 3.17. The minimum absolute atomic E-state index is 0.604. The fourth-order valence-electron chi connectivity index (χ4n) is 4.23. The molecule has 1 aliphatic rings. The zero-order valence-electron chi connectivity index (χ0n) is 24.0.